The molecule has 0 fully saturated rings. The van der Waals surface area contributed by atoms with Gasteiger partial charge in [0.15, 0.2) is 0 Å². The first kappa shape index (κ1) is 23.0. The van der Waals surface area contributed by atoms with Crippen molar-refractivity contribution >= 4 is 27.8 Å². The van der Waals surface area contributed by atoms with Gasteiger partial charge in [-0.05, 0) is 72.1 Å². The van der Waals surface area contributed by atoms with Gasteiger partial charge in [-0.1, -0.05) is 12.1 Å². The molecule has 2 heterocycles. The van der Waals surface area contributed by atoms with Crippen molar-refractivity contribution in [1.29, 1.82) is 0 Å². The van der Waals surface area contributed by atoms with Crippen LogP contribution in [0.5, 0.6) is 17.2 Å². The number of amides is 1. The number of nitrogens with zero attached hydrogens (tertiary/aromatic N) is 1. The predicted octanol–water partition coefficient (Wildman–Crippen LogP) is 5.32. The molecule has 5 rings (SSSR count). The summed E-state index contributed by atoms with van der Waals surface area (Å²) in [5, 5.41) is 1.04. The topological polar surface area (TPSA) is 80.9 Å². The monoisotopic (exact) mass is 492 g/mol. The number of H-pyrrole nitrogens is 1. The molecular formula is C27H28N2O5S. The Bertz CT molecular complexity index is 1400. The zero-order valence-corrected chi connectivity index (χ0v) is 20.6. The minimum atomic E-state index is -1.08. The van der Waals surface area contributed by atoms with Crippen molar-refractivity contribution < 1.29 is 24.6 Å². The van der Waals surface area contributed by atoms with Gasteiger partial charge in [0.2, 0.25) is 0 Å². The third kappa shape index (κ3) is 4.37. The highest BCUT2D eigenvalue weighted by Crippen LogP contribution is 2.39. The van der Waals surface area contributed by atoms with Crippen molar-refractivity contribution in [3.63, 3.8) is 0 Å². The fraction of sp³-hybridized carbons (Fsp3) is 0.222. The number of aromatic nitrogens is 1. The summed E-state index contributed by atoms with van der Waals surface area (Å²) in [7, 11) is 2.14. The molecule has 0 radical (unpaired) electrons. The lowest BCUT2D eigenvalue weighted by atomic mass is 9.92. The number of hydrogen-bond donors (Lipinski definition) is 1. The lowest BCUT2D eigenvalue weighted by molar-refractivity contribution is 0.135. The van der Waals surface area contributed by atoms with Gasteiger partial charge in [-0.2, -0.15) is 0 Å². The summed E-state index contributed by atoms with van der Waals surface area (Å²) >= 11 is 0. The van der Waals surface area contributed by atoms with E-state index in [-0.39, 0.29) is 7.47 Å². The number of ether oxygens (including phenoxy) is 3. The van der Waals surface area contributed by atoms with Crippen LogP contribution in [0, 0.1) is 0 Å². The maximum Gasteiger partial charge on any atom is 0.416 e. The van der Waals surface area contributed by atoms with Gasteiger partial charge in [-0.3, -0.25) is 9.11 Å². The van der Waals surface area contributed by atoms with Crippen LogP contribution < -0.4 is 14.2 Å². The normalized spacial score (nSPS) is 16.0. The molecule has 0 saturated carbocycles. The Morgan fingerprint density at radius 3 is 2.23 bits per heavy atom. The van der Waals surface area contributed by atoms with Crippen LogP contribution in [0.4, 0.5) is 4.79 Å². The maximum absolute atomic E-state index is 13.4. The molecule has 0 saturated heterocycles. The second-order valence-corrected chi connectivity index (χ2v) is 9.72. The van der Waals surface area contributed by atoms with Crippen LogP contribution in [0.3, 0.4) is 0 Å². The molecule has 1 N–H and O–H groups in total. The molecular weight excluding hydrogens is 464 g/mol. The number of fused-ring (bicyclic) bond motifs is 3. The highest BCUT2D eigenvalue weighted by Gasteiger charge is 2.35. The third-order valence-electron chi connectivity index (χ3n) is 6.36. The maximum atomic E-state index is 13.4. The Balaban J connectivity index is 0.00000304. The molecule has 2 atom stereocenters. The van der Waals surface area contributed by atoms with Crippen LogP contribution in [0.1, 0.15) is 24.3 Å². The van der Waals surface area contributed by atoms with Crippen molar-refractivity contribution in [3.05, 3.63) is 83.6 Å². The third-order valence-corrected chi connectivity index (χ3v) is 7.28. The zero-order valence-electron chi connectivity index (χ0n) is 19.7. The van der Waals surface area contributed by atoms with Gasteiger partial charge < -0.3 is 19.2 Å². The van der Waals surface area contributed by atoms with Gasteiger partial charge in [0, 0.05) is 46.5 Å². The highest BCUT2D eigenvalue weighted by atomic mass is 32.2. The van der Waals surface area contributed by atoms with Gasteiger partial charge >= 0.3 is 6.09 Å². The molecule has 1 aliphatic heterocycles. The van der Waals surface area contributed by atoms with E-state index in [2.05, 4.69) is 4.98 Å². The summed E-state index contributed by atoms with van der Waals surface area (Å²) < 4.78 is 28.4. The smallest absolute Gasteiger partial charge is 0.416 e. The first-order chi connectivity index (χ1) is 17.0. The van der Waals surface area contributed by atoms with E-state index in [0.717, 1.165) is 38.4 Å². The minimum absolute atomic E-state index is 0. The van der Waals surface area contributed by atoms with Crippen molar-refractivity contribution in [1.82, 2.24) is 9.88 Å². The standard InChI is InChI=1S/C27H26N2O5S.H2/c1-32-18-6-4-17(5-7-18)26-25-22(23-16-21(35(3)31)12-13-24(23)28-25)14-15-29(26)27(30)34-20-10-8-19(33-2)9-11-20;/h4-13,16,26,28H,14-15H2,1-3H3;1H. The fourth-order valence-electron chi connectivity index (χ4n) is 4.58. The largest absolute Gasteiger partial charge is 0.497 e. The molecule has 8 heteroatoms. The minimum Gasteiger partial charge on any atom is -0.497 e. The van der Waals surface area contributed by atoms with Crippen LogP contribution in [0.2, 0.25) is 0 Å². The van der Waals surface area contributed by atoms with Gasteiger partial charge in [0.1, 0.15) is 23.3 Å². The molecule has 1 amide bonds. The number of hydrogen-bond acceptors (Lipinski definition) is 5. The van der Waals surface area contributed by atoms with Crippen LogP contribution >= 0.6 is 0 Å². The second kappa shape index (κ2) is 9.46. The molecule has 182 valence electrons. The highest BCUT2D eigenvalue weighted by molar-refractivity contribution is 7.84. The first-order valence-corrected chi connectivity index (χ1v) is 12.8. The summed E-state index contributed by atoms with van der Waals surface area (Å²) in [5.41, 5.74) is 3.95. The van der Waals surface area contributed by atoms with E-state index in [1.54, 1.807) is 49.6 Å². The Hall–Kier alpha value is -3.78. The summed E-state index contributed by atoms with van der Waals surface area (Å²) in [6.45, 7) is 0.477. The van der Waals surface area contributed by atoms with Gasteiger partial charge in [-0.25, -0.2) is 4.79 Å². The Kier molecular flexibility index (Phi) is 6.21. The summed E-state index contributed by atoms with van der Waals surface area (Å²) in [4.78, 5) is 19.4. The van der Waals surface area contributed by atoms with E-state index in [1.807, 2.05) is 42.5 Å². The number of aromatic amines is 1. The van der Waals surface area contributed by atoms with Gasteiger partial charge in [0.25, 0.3) is 0 Å². The van der Waals surface area contributed by atoms with Crippen molar-refractivity contribution in [2.24, 2.45) is 0 Å². The van der Waals surface area contributed by atoms with Crippen molar-refractivity contribution in [2.45, 2.75) is 17.4 Å². The lowest BCUT2D eigenvalue weighted by Crippen LogP contribution is -2.42. The Morgan fingerprint density at radius 1 is 0.971 bits per heavy atom. The van der Waals surface area contributed by atoms with Gasteiger partial charge in [0.05, 0.1) is 14.2 Å². The SMILES string of the molecule is COc1ccc(OC(=O)N2CCc3c([nH]c4ccc(S(C)=O)cc34)C2c2ccc(OC)cc2)cc1.[HH]. The molecule has 1 aromatic heterocycles. The molecule has 0 spiro atoms. The number of benzene rings is 3. The summed E-state index contributed by atoms with van der Waals surface area (Å²) in [5.74, 6) is 1.87. The van der Waals surface area contributed by atoms with E-state index in [4.69, 9.17) is 14.2 Å². The number of carbonyl (C=O) groups excluding carboxylic acids is 1. The molecule has 0 aliphatic carbocycles. The first-order valence-electron chi connectivity index (χ1n) is 11.2. The quantitative estimate of drug-likeness (QED) is 0.408. The average molecular weight is 493 g/mol. The van der Waals surface area contributed by atoms with Crippen LogP contribution in [0.25, 0.3) is 10.9 Å². The molecule has 7 nitrogen and oxygen atoms in total. The predicted molar refractivity (Wildman–Crippen MR) is 137 cm³/mol. The van der Waals surface area contributed by atoms with E-state index < -0.39 is 16.9 Å². The summed E-state index contributed by atoms with van der Waals surface area (Å²) in [6.07, 6.45) is 1.90. The molecule has 4 aromatic rings. The van der Waals surface area contributed by atoms with E-state index >= 15 is 0 Å². The lowest BCUT2D eigenvalue weighted by Gasteiger charge is -2.35. The molecule has 3 aromatic carbocycles. The molecule has 2 unspecified atom stereocenters. The van der Waals surface area contributed by atoms with Crippen LogP contribution in [0.15, 0.2) is 71.6 Å². The second-order valence-electron chi connectivity index (χ2n) is 8.34. The molecule has 35 heavy (non-hydrogen) atoms. The summed E-state index contributed by atoms with van der Waals surface area (Å²) in [6, 6.07) is 20.1. The Labute approximate surface area is 207 Å². The van der Waals surface area contributed by atoms with Crippen LogP contribution in [-0.2, 0) is 17.2 Å². The van der Waals surface area contributed by atoms with Crippen molar-refractivity contribution in [3.8, 4) is 17.2 Å². The Morgan fingerprint density at radius 2 is 1.60 bits per heavy atom. The number of rotatable bonds is 5. The average Bonchev–Trinajstić information content (AvgIpc) is 3.26. The van der Waals surface area contributed by atoms with Crippen LogP contribution in [-0.4, -0.2) is 47.2 Å². The number of nitrogens with one attached hydrogen (secondary N) is 1. The molecule has 1 aliphatic rings. The van der Waals surface area contributed by atoms with E-state index in [9.17, 15) is 9.00 Å². The van der Waals surface area contributed by atoms with Crippen molar-refractivity contribution in [2.75, 3.05) is 27.0 Å². The van der Waals surface area contributed by atoms with Gasteiger partial charge in [-0.15, -0.1) is 0 Å². The zero-order chi connectivity index (χ0) is 24.5. The molecule has 0 bridgehead atoms. The van der Waals surface area contributed by atoms with E-state index in [1.165, 1.54) is 0 Å². The fourth-order valence-corrected chi connectivity index (χ4v) is 5.12. The number of methoxy groups -OCH3 is 2. The number of carbonyl (C=O) groups is 1. The van der Waals surface area contributed by atoms with E-state index in [0.29, 0.717) is 24.5 Å².